The molecule has 8 aromatic rings. The molecule has 1 atom stereocenters. The fourth-order valence-electron chi connectivity index (χ4n) is 10.00. The Hall–Kier alpha value is -6.38. The lowest BCUT2D eigenvalue weighted by molar-refractivity contribution is 0.651. The van der Waals surface area contributed by atoms with Gasteiger partial charge in [0.15, 0.2) is 0 Å². The first kappa shape index (κ1) is 33.0. The van der Waals surface area contributed by atoms with Gasteiger partial charge in [-0.3, -0.25) is 0 Å². The van der Waals surface area contributed by atoms with Crippen molar-refractivity contribution in [3.05, 3.63) is 185 Å². The standard InChI is InChI=1S/C54H44N2/c1-2-13-37(14-3-1)38-25-27-42(28-26-38)53-47-31-29-44(56-34-12-20-41-17-6-9-24-52(41)56)36-50(47)54(46-22-10-18-39-15-4-7-21-45(39)46)48-32-30-43(35-49(48)53)55-33-11-19-40-16-5-8-23-51(40)55/h1-10,13-18,21-29,31-32,35-36,43H,11-12,19-20,30,33-34H2. The van der Waals surface area contributed by atoms with Crippen molar-refractivity contribution < 1.29 is 0 Å². The first-order valence-corrected chi connectivity index (χ1v) is 20.4. The van der Waals surface area contributed by atoms with Gasteiger partial charge in [0.05, 0.1) is 6.04 Å². The van der Waals surface area contributed by atoms with Crippen LogP contribution in [0.5, 0.6) is 0 Å². The second kappa shape index (κ2) is 13.7. The van der Waals surface area contributed by atoms with Crippen molar-refractivity contribution >= 4 is 50.8 Å². The van der Waals surface area contributed by atoms with Crippen LogP contribution in [0.4, 0.5) is 17.1 Å². The van der Waals surface area contributed by atoms with Crippen LogP contribution in [0.3, 0.4) is 0 Å². The largest absolute Gasteiger partial charge is 0.365 e. The van der Waals surface area contributed by atoms with Crippen LogP contribution in [-0.4, -0.2) is 19.1 Å². The minimum absolute atomic E-state index is 0.272. The van der Waals surface area contributed by atoms with Crippen LogP contribution >= 0.6 is 0 Å². The van der Waals surface area contributed by atoms with Gasteiger partial charge in [-0.25, -0.2) is 0 Å². The van der Waals surface area contributed by atoms with E-state index in [1.807, 2.05) is 0 Å². The van der Waals surface area contributed by atoms with E-state index < -0.39 is 0 Å². The van der Waals surface area contributed by atoms with Crippen molar-refractivity contribution in [1.29, 1.82) is 0 Å². The van der Waals surface area contributed by atoms with Crippen molar-refractivity contribution in [3.63, 3.8) is 0 Å². The van der Waals surface area contributed by atoms with Crippen LogP contribution in [0.25, 0.3) is 67.1 Å². The number of para-hydroxylation sites is 2. The molecule has 2 heteroatoms. The lowest BCUT2D eigenvalue weighted by atomic mass is 9.83. The van der Waals surface area contributed by atoms with Gasteiger partial charge in [0, 0.05) is 30.2 Å². The third-order valence-corrected chi connectivity index (χ3v) is 12.6. The first-order valence-electron chi connectivity index (χ1n) is 20.4. The Morgan fingerprint density at radius 2 is 1.14 bits per heavy atom. The molecule has 270 valence electrons. The Bertz CT molecular complexity index is 2900. The Balaban J connectivity index is 1.21. The maximum Gasteiger partial charge on any atom is 0.0517 e. The summed E-state index contributed by atoms with van der Waals surface area (Å²) in [6.07, 6.45) is 10.8. The molecule has 1 aliphatic carbocycles. The third kappa shape index (κ3) is 5.55. The van der Waals surface area contributed by atoms with E-state index in [-0.39, 0.29) is 6.04 Å². The van der Waals surface area contributed by atoms with Gasteiger partial charge in [-0.15, -0.1) is 0 Å². The molecule has 0 fully saturated rings. The number of aryl methyl sites for hydroxylation is 2. The smallest absolute Gasteiger partial charge is 0.0517 e. The summed E-state index contributed by atoms with van der Waals surface area (Å²) in [5.41, 5.74) is 14.6. The van der Waals surface area contributed by atoms with Gasteiger partial charge in [-0.05, 0) is 133 Å². The zero-order valence-corrected chi connectivity index (χ0v) is 31.7. The molecule has 0 saturated heterocycles. The lowest BCUT2D eigenvalue weighted by Gasteiger charge is -2.37. The predicted molar refractivity (Wildman–Crippen MR) is 238 cm³/mol. The number of benzene rings is 8. The second-order valence-corrected chi connectivity index (χ2v) is 15.8. The van der Waals surface area contributed by atoms with E-state index in [9.17, 15) is 0 Å². The van der Waals surface area contributed by atoms with Gasteiger partial charge < -0.3 is 9.80 Å². The first-order chi connectivity index (χ1) is 27.8. The highest BCUT2D eigenvalue weighted by Gasteiger charge is 2.27. The molecule has 11 rings (SSSR count). The molecular weight excluding hydrogens is 677 g/mol. The number of anilines is 3. The normalized spacial score (nSPS) is 16.1. The summed E-state index contributed by atoms with van der Waals surface area (Å²) in [6, 6.07) is 61.5. The molecule has 2 aliphatic heterocycles. The Morgan fingerprint density at radius 1 is 0.464 bits per heavy atom. The highest BCUT2D eigenvalue weighted by atomic mass is 15.2. The van der Waals surface area contributed by atoms with Gasteiger partial charge in [0.1, 0.15) is 0 Å². The summed E-state index contributed by atoms with van der Waals surface area (Å²) >= 11 is 0. The molecular formula is C54H44N2. The van der Waals surface area contributed by atoms with Crippen molar-refractivity contribution in [2.45, 2.75) is 38.1 Å². The third-order valence-electron chi connectivity index (χ3n) is 12.6. The molecule has 0 radical (unpaired) electrons. The van der Waals surface area contributed by atoms with Crippen LogP contribution in [-0.2, 0) is 12.8 Å². The average molecular weight is 721 g/mol. The zero-order valence-electron chi connectivity index (χ0n) is 31.7. The van der Waals surface area contributed by atoms with Crippen LogP contribution in [0.1, 0.15) is 30.4 Å². The summed E-state index contributed by atoms with van der Waals surface area (Å²) in [5.74, 6) is 0. The molecule has 0 N–H and O–H groups in total. The Kier molecular flexibility index (Phi) is 8.09. The van der Waals surface area contributed by atoms with Gasteiger partial charge >= 0.3 is 0 Å². The van der Waals surface area contributed by atoms with E-state index in [0.717, 1.165) is 38.8 Å². The monoisotopic (exact) mass is 720 g/mol. The summed E-state index contributed by atoms with van der Waals surface area (Å²) in [6.45, 7) is 2.09. The van der Waals surface area contributed by atoms with Gasteiger partial charge in [0.2, 0.25) is 0 Å². The maximum atomic E-state index is 2.68. The zero-order chi connectivity index (χ0) is 37.0. The molecule has 0 saturated carbocycles. The van der Waals surface area contributed by atoms with Crippen molar-refractivity contribution in [2.24, 2.45) is 0 Å². The predicted octanol–water partition coefficient (Wildman–Crippen LogP) is 11.9. The average Bonchev–Trinajstić information content (AvgIpc) is 3.28. The lowest BCUT2D eigenvalue weighted by Crippen LogP contribution is -2.43. The van der Waals surface area contributed by atoms with Crippen molar-refractivity contribution in [1.82, 2.24) is 0 Å². The van der Waals surface area contributed by atoms with Crippen molar-refractivity contribution in [3.8, 4) is 33.4 Å². The molecule has 3 aliphatic rings. The molecule has 0 spiro atoms. The fourth-order valence-corrected chi connectivity index (χ4v) is 10.00. The second-order valence-electron chi connectivity index (χ2n) is 15.8. The highest BCUT2D eigenvalue weighted by molar-refractivity contribution is 6.11. The minimum Gasteiger partial charge on any atom is -0.365 e. The number of rotatable bonds is 5. The van der Waals surface area contributed by atoms with E-state index in [1.54, 1.807) is 0 Å². The number of nitrogens with zero attached hydrogens (tertiary/aromatic N) is 2. The van der Waals surface area contributed by atoms with E-state index >= 15 is 0 Å². The number of hydrogen-bond donors (Lipinski definition) is 0. The molecule has 2 heterocycles. The summed E-state index contributed by atoms with van der Waals surface area (Å²) < 4.78 is 0. The van der Waals surface area contributed by atoms with Gasteiger partial charge in [0.25, 0.3) is 0 Å². The molecule has 2 nitrogen and oxygen atoms in total. The quantitative estimate of drug-likeness (QED) is 0.175. The minimum atomic E-state index is 0.272. The molecule has 56 heavy (non-hydrogen) atoms. The van der Waals surface area contributed by atoms with Crippen molar-refractivity contribution in [2.75, 3.05) is 22.9 Å². The van der Waals surface area contributed by atoms with E-state index in [4.69, 9.17) is 0 Å². The summed E-state index contributed by atoms with van der Waals surface area (Å²) in [7, 11) is 0. The topological polar surface area (TPSA) is 6.48 Å². The van der Waals surface area contributed by atoms with Crippen LogP contribution in [0.15, 0.2) is 164 Å². The van der Waals surface area contributed by atoms with Gasteiger partial charge in [-0.1, -0.05) is 152 Å². The molecule has 0 amide bonds. The number of fused-ring (bicyclic) bond motifs is 5. The van der Waals surface area contributed by atoms with Crippen LogP contribution in [0, 0.1) is 0 Å². The van der Waals surface area contributed by atoms with E-state index in [0.29, 0.717) is 0 Å². The van der Waals surface area contributed by atoms with Crippen LogP contribution < -0.4 is 20.2 Å². The highest BCUT2D eigenvalue weighted by Crippen LogP contribution is 2.41. The molecule has 0 bridgehead atoms. The van der Waals surface area contributed by atoms with Crippen LogP contribution in [0.2, 0.25) is 0 Å². The van der Waals surface area contributed by atoms with E-state index in [1.165, 1.54) is 100.0 Å². The Morgan fingerprint density at radius 3 is 2.00 bits per heavy atom. The number of hydrogen-bond acceptors (Lipinski definition) is 2. The molecule has 8 aromatic carbocycles. The fraction of sp³-hybridized carbons (Fsp3) is 0.148. The molecule has 1 unspecified atom stereocenters. The van der Waals surface area contributed by atoms with Gasteiger partial charge in [-0.2, -0.15) is 0 Å². The maximum absolute atomic E-state index is 2.68. The molecule has 0 aromatic heterocycles. The SMILES string of the molecule is C1=c2c(-c3ccc(-c4ccccc4)cc3)c3ccc(N4CCCc5ccccc54)cc3c(-c3cccc4ccccc34)c2=CCC1N1CCCc2ccccc21. The summed E-state index contributed by atoms with van der Waals surface area (Å²) in [5, 5.41) is 7.90. The summed E-state index contributed by atoms with van der Waals surface area (Å²) in [4.78, 5) is 5.23. The van der Waals surface area contributed by atoms with E-state index in [2.05, 4.69) is 186 Å². The Labute approximate surface area is 329 Å².